The lowest BCUT2D eigenvalue weighted by molar-refractivity contribution is 0.210. The van der Waals surface area contributed by atoms with E-state index in [-0.39, 0.29) is 11.1 Å². The Balaban J connectivity index is 2.20. The Labute approximate surface area is 132 Å². The average Bonchev–Trinajstić information content (AvgIpc) is 2.91. The Morgan fingerprint density at radius 1 is 1.26 bits per heavy atom. The van der Waals surface area contributed by atoms with Gasteiger partial charge in [0.25, 0.3) is 0 Å². The van der Waals surface area contributed by atoms with E-state index in [1.54, 1.807) is 6.92 Å². The van der Waals surface area contributed by atoms with Crippen LogP contribution in [0, 0.1) is 24.1 Å². The van der Waals surface area contributed by atoms with Crippen LogP contribution in [0.2, 0.25) is 0 Å². The van der Waals surface area contributed by atoms with E-state index in [0.717, 1.165) is 6.20 Å². The van der Waals surface area contributed by atoms with Crippen LogP contribution in [0.1, 0.15) is 28.6 Å². The molecule has 1 unspecified atom stereocenters. The number of nitrogens with zero attached hydrogens (tertiary/aromatic N) is 4. The number of hydrogen-bond donors (Lipinski definition) is 1. The summed E-state index contributed by atoms with van der Waals surface area (Å²) in [6, 6.07) is 12.4. The van der Waals surface area contributed by atoms with Gasteiger partial charge in [-0.05, 0) is 25.1 Å². The molecule has 1 aromatic carbocycles. The van der Waals surface area contributed by atoms with Crippen molar-refractivity contribution in [1.82, 2.24) is 14.8 Å². The van der Waals surface area contributed by atoms with Crippen LogP contribution in [-0.2, 0) is 0 Å². The largest absolute Gasteiger partial charge is 0.382 e. The molecule has 0 spiro atoms. The van der Waals surface area contributed by atoms with Crippen LogP contribution in [0.5, 0.6) is 0 Å². The molecule has 1 atom stereocenters. The van der Waals surface area contributed by atoms with E-state index in [0.29, 0.717) is 17.1 Å². The first kappa shape index (κ1) is 14.9. The molecule has 6 heteroatoms. The minimum atomic E-state index is -1.21. The summed E-state index contributed by atoms with van der Waals surface area (Å²) in [5, 5.41) is 24.4. The standard InChI is InChI=1S/C17H13FN4O/c1-11-15(8-19)16(17(23)12-7-13(18)10-20-9-12)22(21-11)14-5-3-2-4-6-14/h2-7,9-10,17,23H,1H3. The van der Waals surface area contributed by atoms with E-state index in [9.17, 15) is 14.8 Å². The first-order valence-electron chi connectivity index (χ1n) is 6.95. The molecule has 0 radical (unpaired) electrons. The molecular weight excluding hydrogens is 295 g/mol. The minimum absolute atomic E-state index is 0.263. The van der Waals surface area contributed by atoms with Gasteiger partial charge >= 0.3 is 0 Å². The lowest BCUT2D eigenvalue weighted by atomic mass is 10.0. The van der Waals surface area contributed by atoms with Gasteiger partial charge in [0.05, 0.1) is 28.8 Å². The zero-order valence-corrected chi connectivity index (χ0v) is 12.3. The predicted molar refractivity (Wildman–Crippen MR) is 81.3 cm³/mol. The fraction of sp³-hybridized carbons (Fsp3) is 0.118. The summed E-state index contributed by atoms with van der Waals surface area (Å²) in [7, 11) is 0. The van der Waals surface area contributed by atoms with Crippen LogP contribution in [0.15, 0.2) is 48.8 Å². The second-order valence-electron chi connectivity index (χ2n) is 5.04. The number of rotatable bonds is 3. The van der Waals surface area contributed by atoms with Crippen molar-refractivity contribution < 1.29 is 9.50 Å². The molecule has 114 valence electrons. The Bertz CT molecular complexity index is 883. The van der Waals surface area contributed by atoms with Gasteiger partial charge in [-0.15, -0.1) is 0 Å². The van der Waals surface area contributed by atoms with Gasteiger partial charge < -0.3 is 5.11 Å². The van der Waals surface area contributed by atoms with Gasteiger partial charge in [-0.1, -0.05) is 18.2 Å². The molecule has 2 aromatic heterocycles. The molecule has 0 aliphatic heterocycles. The summed E-state index contributed by atoms with van der Waals surface area (Å²) >= 11 is 0. The van der Waals surface area contributed by atoms with Crippen molar-refractivity contribution in [3.8, 4) is 11.8 Å². The molecule has 2 heterocycles. The number of nitriles is 1. The van der Waals surface area contributed by atoms with E-state index >= 15 is 0 Å². The third kappa shape index (κ3) is 2.70. The number of aromatic nitrogens is 3. The molecule has 23 heavy (non-hydrogen) atoms. The van der Waals surface area contributed by atoms with E-state index in [2.05, 4.69) is 16.2 Å². The monoisotopic (exact) mass is 308 g/mol. The van der Waals surface area contributed by atoms with Gasteiger partial charge in [0, 0.05) is 11.8 Å². The predicted octanol–water partition coefficient (Wildman–Crippen LogP) is 2.67. The Morgan fingerprint density at radius 2 is 2.00 bits per heavy atom. The SMILES string of the molecule is Cc1nn(-c2ccccc2)c(C(O)c2cncc(F)c2)c1C#N. The van der Waals surface area contributed by atoms with E-state index in [1.165, 1.54) is 16.9 Å². The summed E-state index contributed by atoms with van der Waals surface area (Å²) in [6.45, 7) is 1.69. The quantitative estimate of drug-likeness (QED) is 0.807. The highest BCUT2D eigenvalue weighted by molar-refractivity contribution is 5.46. The molecular formula is C17H13FN4O. The summed E-state index contributed by atoms with van der Waals surface area (Å²) in [6.07, 6.45) is 1.21. The smallest absolute Gasteiger partial charge is 0.141 e. The number of halogens is 1. The summed E-state index contributed by atoms with van der Waals surface area (Å²) < 4.78 is 14.9. The van der Waals surface area contributed by atoms with Gasteiger partial charge in [0.1, 0.15) is 18.0 Å². The maximum absolute atomic E-state index is 13.4. The molecule has 0 aliphatic rings. The topological polar surface area (TPSA) is 74.7 Å². The number of aliphatic hydroxyl groups excluding tert-OH is 1. The number of pyridine rings is 1. The number of para-hydroxylation sites is 1. The lowest BCUT2D eigenvalue weighted by Crippen LogP contribution is -2.10. The summed E-state index contributed by atoms with van der Waals surface area (Å²) in [5.41, 5.74) is 2.03. The summed E-state index contributed by atoms with van der Waals surface area (Å²) in [4.78, 5) is 3.75. The highest BCUT2D eigenvalue weighted by Crippen LogP contribution is 2.28. The van der Waals surface area contributed by atoms with Crippen molar-refractivity contribution in [3.05, 3.63) is 77.1 Å². The minimum Gasteiger partial charge on any atom is -0.382 e. The van der Waals surface area contributed by atoms with Crippen molar-refractivity contribution in [3.63, 3.8) is 0 Å². The van der Waals surface area contributed by atoms with Crippen molar-refractivity contribution in [2.24, 2.45) is 0 Å². The van der Waals surface area contributed by atoms with Gasteiger partial charge in [-0.25, -0.2) is 9.07 Å². The first-order chi connectivity index (χ1) is 11.1. The highest BCUT2D eigenvalue weighted by Gasteiger charge is 2.24. The van der Waals surface area contributed by atoms with E-state index < -0.39 is 11.9 Å². The zero-order chi connectivity index (χ0) is 16.4. The highest BCUT2D eigenvalue weighted by atomic mass is 19.1. The third-order valence-corrected chi connectivity index (χ3v) is 3.51. The van der Waals surface area contributed by atoms with Gasteiger partial charge in [-0.3, -0.25) is 4.98 Å². The van der Waals surface area contributed by atoms with Crippen molar-refractivity contribution in [2.45, 2.75) is 13.0 Å². The van der Waals surface area contributed by atoms with Gasteiger partial charge in [0.15, 0.2) is 0 Å². The maximum atomic E-state index is 13.4. The van der Waals surface area contributed by atoms with Crippen LogP contribution < -0.4 is 0 Å². The van der Waals surface area contributed by atoms with Crippen molar-refractivity contribution in [1.29, 1.82) is 5.26 Å². The molecule has 1 N–H and O–H groups in total. The number of hydrogen-bond acceptors (Lipinski definition) is 4. The van der Waals surface area contributed by atoms with Gasteiger partial charge in [-0.2, -0.15) is 10.4 Å². The van der Waals surface area contributed by atoms with Gasteiger partial charge in [0.2, 0.25) is 0 Å². The fourth-order valence-electron chi connectivity index (χ4n) is 2.44. The van der Waals surface area contributed by atoms with Crippen LogP contribution in [-0.4, -0.2) is 19.9 Å². The lowest BCUT2D eigenvalue weighted by Gasteiger charge is -2.14. The molecule has 0 saturated heterocycles. The average molecular weight is 308 g/mol. The second-order valence-corrected chi connectivity index (χ2v) is 5.04. The maximum Gasteiger partial charge on any atom is 0.141 e. The third-order valence-electron chi connectivity index (χ3n) is 3.51. The molecule has 5 nitrogen and oxygen atoms in total. The van der Waals surface area contributed by atoms with Crippen LogP contribution in [0.4, 0.5) is 4.39 Å². The van der Waals surface area contributed by atoms with Crippen molar-refractivity contribution >= 4 is 0 Å². The van der Waals surface area contributed by atoms with E-state index in [1.807, 2.05) is 30.3 Å². The molecule has 3 rings (SSSR count). The number of aliphatic hydroxyl groups is 1. The Kier molecular flexibility index (Phi) is 3.87. The van der Waals surface area contributed by atoms with Crippen LogP contribution in [0.25, 0.3) is 5.69 Å². The van der Waals surface area contributed by atoms with Crippen molar-refractivity contribution in [2.75, 3.05) is 0 Å². The molecule has 3 aromatic rings. The second kappa shape index (κ2) is 5.99. The summed E-state index contributed by atoms with van der Waals surface area (Å²) in [5.74, 6) is -0.553. The molecule has 0 bridgehead atoms. The van der Waals surface area contributed by atoms with Crippen LogP contribution in [0.3, 0.4) is 0 Å². The fourth-order valence-corrected chi connectivity index (χ4v) is 2.44. The molecule has 0 amide bonds. The molecule has 0 saturated carbocycles. The molecule has 0 fully saturated rings. The number of benzene rings is 1. The normalized spacial score (nSPS) is 11.9. The first-order valence-corrected chi connectivity index (χ1v) is 6.95. The van der Waals surface area contributed by atoms with Crippen LogP contribution >= 0.6 is 0 Å². The molecule has 0 aliphatic carbocycles. The van der Waals surface area contributed by atoms with E-state index in [4.69, 9.17) is 0 Å². The Hall–Kier alpha value is -3.04. The zero-order valence-electron chi connectivity index (χ0n) is 12.3. The number of aryl methyl sites for hydroxylation is 1. The Morgan fingerprint density at radius 3 is 2.65 bits per heavy atom.